The van der Waals surface area contributed by atoms with Gasteiger partial charge in [-0.15, -0.1) is 0 Å². The third-order valence-electron chi connectivity index (χ3n) is 5.38. The molecule has 3 aromatic carbocycles. The van der Waals surface area contributed by atoms with Gasteiger partial charge in [-0.2, -0.15) is 0 Å². The molecule has 168 valence electrons. The maximum Gasteiger partial charge on any atom is 0.335 e. The molecule has 6 nitrogen and oxygen atoms in total. The number of nitrogens with one attached hydrogen (secondary N) is 1. The Kier molecular flexibility index (Phi) is 6.61. The van der Waals surface area contributed by atoms with Gasteiger partial charge in [-0.1, -0.05) is 53.0 Å². The predicted molar refractivity (Wildman–Crippen MR) is 127 cm³/mol. The van der Waals surface area contributed by atoms with Crippen LogP contribution in [0.2, 0.25) is 15.1 Å². The zero-order valence-corrected chi connectivity index (χ0v) is 19.3. The van der Waals surface area contributed by atoms with E-state index in [1.807, 2.05) is 0 Å². The van der Waals surface area contributed by atoms with Crippen LogP contribution in [-0.2, 0) is 17.8 Å². The summed E-state index contributed by atoms with van der Waals surface area (Å²) in [6.45, 7) is 0.0974. The molecule has 1 aliphatic rings. The summed E-state index contributed by atoms with van der Waals surface area (Å²) in [6.07, 6.45) is 0.198. The standard InChI is InChI=1S/C24H17Cl3N2O4/c25-16-6-7-17-20(11-16)28-22(30)21(10-14-3-8-18(26)19(27)9-14)29(23(17)31)12-13-1-4-15(5-2-13)24(32)33/h1-9,11,21H,10,12H2,(H,28,30)(H,32,33). The van der Waals surface area contributed by atoms with E-state index in [-0.39, 0.29) is 30.3 Å². The summed E-state index contributed by atoms with van der Waals surface area (Å²) in [4.78, 5) is 39.4. The Balaban J connectivity index is 1.73. The predicted octanol–water partition coefficient (Wildman–Crippen LogP) is 5.55. The van der Waals surface area contributed by atoms with Crippen molar-refractivity contribution >= 4 is 58.3 Å². The lowest BCUT2D eigenvalue weighted by molar-refractivity contribution is -0.120. The number of rotatable bonds is 5. The Bertz CT molecular complexity index is 1260. The lowest BCUT2D eigenvalue weighted by atomic mass is 10.0. The highest BCUT2D eigenvalue weighted by atomic mass is 35.5. The van der Waals surface area contributed by atoms with Crippen LogP contribution < -0.4 is 5.32 Å². The monoisotopic (exact) mass is 502 g/mol. The normalized spacial score (nSPS) is 15.6. The molecule has 3 aromatic rings. The molecule has 0 radical (unpaired) electrons. The first kappa shape index (κ1) is 23.1. The van der Waals surface area contributed by atoms with Crippen LogP contribution >= 0.6 is 34.8 Å². The summed E-state index contributed by atoms with van der Waals surface area (Å²) in [7, 11) is 0. The van der Waals surface area contributed by atoms with Crippen molar-refractivity contribution in [2.45, 2.75) is 19.0 Å². The van der Waals surface area contributed by atoms with Gasteiger partial charge in [0.1, 0.15) is 6.04 Å². The maximum absolute atomic E-state index is 13.5. The maximum atomic E-state index is 13.5. The number of amides is 2. The second-order valence-electron chi connectivity index (χ2n) is 7.58. The second-order valence-corrected chi connectivity index (χ2v) is 8.83. The SMILES string of the molecule is O=C(O)c1ccc(CN2C(=O)c3ccc(Cl)cc3NC(=O)C2Cc2ccc(Cl)c(Cl)c2)cc1. The Morgan fingerprint density at radius 1 is 0.909 bits per heavy atom. The lowest BCUT2D eigenvalue weighted by Gasteiger charge is -2.29. The number of fused-ring (bicyclic) bond motifs is 1. The number of hydrogen-bond acceptors (Lipinski definition) is 3. The molecule has 0 spiro atoms. The number of nitrogens with zero attached hydrogens (tertiary/aromatic N) is 1. The number of anilines is 1. The van der Waals surface area contributed by atoms with Crippen molar-refractivity contribution in [1.82, 2.24) is 4.90 Å². The molecule has 4 rings (SSSR count). The Morgan fingerprint density at radius 3 is 2.27 bits per heavy atom. The zero-order valence-electron chi connectivity index (χ0n) is 17.0. The molecule has 0 saturated heterocycles. The van der Waals surface area contributed by atoms with Crippen LogP contribution in [0, 0.1) is 0 Å². The molecule has 1 unspecified atom stereocenters. The summed E-state index contributed by atoms with van der Waals surface area (Å²) in [5.74, 6) is -1.78. The fourth-order valence-corrected chi connectivity index (χ4v) is 4.18. The van der Waals surface area contributed by atoms with Crippen molar-refractivity contribution in [2.75, 3.05) is 5.32 Å². The van der Waals surface area contributed by atoms with Gasteiger partial charge in [-0.05, 0) is 53.6 Å². The molecular weight excluding hydrogens is 487 g/mol. The topological polar surface area (TPSA) is 86.7 Å². The molecule has 0 aromatic heterocycles. The van der Waals surface area contributed by atoms with E-state index in [4.69, 9.17) is 39.9 Å². The van der Waals surface area contributed by atoms with Crippen molar-refractivity contribution in [1.29, 1.82) is 0 Å². The molecule has 1 atom stereocenters. The van der Waals surface area contributed by atoms with E-state index in [0.717, 1.165) is 5.56 Å². The van der Waals surface area contributed by atoms with Crippen molar-refractivity contribution in [3.8, 4) is 0 Å². The number of carbonyl (C=O) groups excluding carboxylic acids is 2. The fourth-order valence-electron chi connectivity index (χ4n) is 3.68. The van der Waals surface area contributed by atoms with Gasteiger partial charge in [0.05, 0.1) is 26.9 Å². The van der Waals surface area contributed by atoms with Crippen LogP contribution in [0.3, 0.4) is 0 Å². The molecular formula is C24H17Cl3N2O4. The average Bonchev–Trinajstić information content (AvgIpc) is 2.86. The van der Waals surface area contributed by atoms with Gasteiger partial charge in [0, 0.05) is 18.0 Å². The molecule has 0 fully saturated rings. The highest BCUT2D eigenvalue weighted by Gasteiger charge is 2.35. The highest BCUT2D eigenvalue weighted by Crippen LogP contribution is 2.30. The minimum Gasteiger partial charge on any atom is -0.478 e. The Morgan fingerprint density at radius 2 is 1.61 bits per heavy atom. The average molecular weight is 504 g/mol. The van der Waals surface area contributed by atoms with Crippen LogP contribution in [0.25, 0.3) is 0 Å². The molecule has 2 N–H and O–H groups in total. The first-order valence-corrected chi connectivity index (χ1v) is 11.0. The molecule has 1 aliphatic heterocycles. The zero-order chi connectivity index (χ0) is 23.7. The van der Waals surface area contributed by atoms with Crippen LogP contribution in [0.4, 0.5) is 5.69 Å². The van der Waals surface area contributed by atoms with Crippen molar-refractivity contribution in [3.05, 3.63) is 98.0 Å². The van der Waals surface area contributed by atoms with Crippen LogP contribution in [0.5, 0.6) is 0 Å². The number of hydrogen-bond donors (Lipinski definition) is 2. The molecule has 9 heteroatoms. The smallest absolute Gasteiger partial charge is 0.335 e. The molecule has 0 saturated carbocycles. The van der Waals surface area contributed by atoms with E-state index in [1.54, 1.807) is 42.5 Å². The lowest BCUT2D eigenvalue weighted by Crippen LogP contribution is -2.46. The number of benzene rings is 3. The largest absolute Gasteiger partial charge is 0.478 e. The third kappa shape index (κ3) is 4.98. The molecule has 2 amide bonds. The van der Waals surface area contributed by atoms with E-state index in [2.05, 4.69) is 5.32 Å². The summed E-state index contributed by atoms with van der Waals surface area (Å²) in [5.41, 5.74) is 2.18. The summed E-state index contributed by atoms with van der Waals surface area (Å²) in [5, 5.41) is 13.1. The van der Waals surface area contributed by atoms with Gasteiger partial charge >= 0.3 is 5.97 Å². The van der Waals surface area contributed by atoms with E-state index in [0.29, 0.717) is 31.9 Å². The van der Waals surface area contributed by atoms with Crippen LogP contribution in [0.1, 0.15) is 31.8 Å². The molecule has 0 bridgehead atoms. The number of halogens is 3. The van der Waals surface area contributed by atoms with E-state index >= 15 is 0 Å². The second kappa shape index (κ2) is 9.43. The van der Waals surface area contributed by atoms with Crippen molar-refractivity contribution < 1.29 is 19.5 Å². The number of carboxylic acids is 1. The Hall–Kier alpha value is -3.06. The molecule has 33 heavy (non-hydrogen) atoms. The summed E-state index contributed by atoms with van der Waals surface area (Å²) in [6, 6.07) is 15.1. The number of aromatic carboxylic acids is 1. The van der Waals surface area contributed by atoms with E-state index in [1.165, 1.54) is 23.1 Å². The van der Waals surface area contributed by atoms with Crippen molar-refractivity contribution in [2.24, 2.45) is 0 Å². The molecule has 1 heterocycles. The fraction of sp³-hybridized carbons (Fsp3) is 0.125. The summed E-state index contributed by atoms with van der Waals surface area (Å²) < 4.78 is 0. The third-order valence-corrected chi connectivity index (χ3v) is 6.35. The van der Waals surface area contributed by atoms with Gasteiger partial charge in [0.2, 0.25) is 5.91 Å². The van der Waals surface area contributed by atoms with Crippen LogP contribution in [0.15, 0.2) is 60.7 Å². The molecule has 0 aliphatic carbocycles. The van der Waals surface area contributed by atoms with E-state index < -0.39 is 12.0 Å². The van der Waals surface area contributed by atoms with Gasteiger partial charge in [-0.25, -0.2) is 4.79 Å². The van der Waals surface area contributed by atoms with Crippen molar-refractivity contribution in [3.63, 3.8) is 0 Å². The summed E-state index contributed by atoms with van der Waals surface area (Å²) >= 11 is 18.2. The van der Waals surface area contributed by atoms with E-state index in [9.17, 15) is 14.4 Å². The van der Waals surface area contributed by atoms with Crippen LogP contribution in [-0.4, -0.2) is 33.8 Å². The van der Waals surface area contributed by atoms with Gasteiger partial charge in [0.15, 0.2) is 0 Å². The Labute approximate surface area is 204 Å². The minimum atomic E-state index is -1.05. The minimum absolute atomic E-state index is 0.0974. The number of carboxylic acid groups (broad SMARTS) is 1. The first-order valence-electron chi connectivity index (χ1n) is 9.90. The van der Waals surface area contributed by atoms with Gasteiger partial charge < -0.3 is 15.3 Å². The first-order chi connectivity index (χ1) is 15.7. The highest BCUT2D eigenvalue weighted by molar-refractivity contribution is 6.42. The van der Waals surface area contributed by atoms with Gasteiger partial charge in [0.25, 0.3) is 5.91 Å². The number of carbonyl (C=O) groups is 3. The van der Waals surface area contributed by atoms with Gasteiger partial charge in [-0.3, -0.25) is 9.59 Å². The quantitative estimate of drug-likeness (QED) is 0.478.